The van der Waals surface area contributed by atoms with E-state index in [-0.39, 0.29) is 0 Å². The second kappa shape index (κ2) is 5.82. The molecule has 0 bridgehead atoms. The quantitative estimate of drug-likeness (QED) is 0.775. The van der Waals surface area contributed by atoms with Gasteiger partial charge in [-0.2, -0.15) is 0 Å². The zero-order valence-corrected chi connectivity index (χ0v) is 15.6. The third kappa shape index (κ3) is 4.00. The van der Waals surface area contributed by atoms with Crippen molar-refractivity contribution in [3.8, 4) is 0 Å². The van der Waals surface area contributed by atoms with Crippen molar-refractivity contribution in [1.29, 1.82) is 0 Å². The van der Waals surface area contributed by atoms with Crippen molar-refractivity contribution in [3.63, 3.8) is 0 Å². The van der Waals surface area contributed by atoms with Gasteiger partial charge >= 0.3 is 0 Å². The SMILES string of the molecule is CC1CN(C(C)(C)C)CC(C)N1CC1CN(C(C)(C)C)C1. The van der Waals surface area contributed by atoms with E-state index in [4.69, 9.17) is 0 Å². The van der Waals surface area contributed by atoms with Crippen LogP contribution >= 0.6 is 0 Å². The van der Waals surface area contributed by atoms with Crippen LogP contribution in [0.5, 0.6) is 0 Å². The molecule has 0 aromatic carbocycles. The molecule has 0 N–H and O–H groups in total. The Hall–Kier alpha value is -0.120. The minimum atomic E-state index is 0.300. The van der Waals surface area contributed by atoms with E-state index in [0.29, 0.717) is 23.2 Å². The molecule has 0 saturated carbocycles. The lowest BCUT2D eigenvalue weighted by atomic mass is 9.90. The van der Waals surface area contributed by atoms with Crippen LogP contribution in [0.3, 0.4) is 0 Å². The summed E-state index contributed by atoms with van der Waals surface area (Å²) in [5.41, 5.74) is 0.646. The van der Waals surface area contributed by atoms with Crippen molar-refractivity contribution in [3.05, 3.63) is 0 Å². The van der Waals surface area contributed by atoms with Crippen molar-refractivity contribution in [2.45, 2.75) is 78.6 Å². The van der Waals surface area contributed by atoms with Crippen LogP contribution in [0.4, 0.5) is 0 Å². The normalized spacial score (nSPS) is 31.4. The van der Waals surface area contributed by atoms with Gasteiger partial charge in [-0.3, -0.25) is 14.7 Å². The van der Waals surface area contributed by atoms with Crippen LogP contribution in [-0.2, 0) is 0 Å². The molecule has 124 valence electrons. The highest BCUT2D eigenvalue weighted by atomic mass is 15.3. The van der Waals surface area contributed by atoms with E-state index in [2.05, 4.69) is 70.1 Å². The Morgan fingerprint density at radius 2 is 1.10 bits per heavy atom. The number of likely N-dealkylation sites (tertiary alicyclic amines) is 1. The molecule has 3 nitrogen and oxygen atoms in total. The topological polar surface area (TPSA) is 9.72 Å². The van der Waals surface area contributed by atoms with E-state index in [1.807, 2.05) is 0 Å². The number of rotatable bonds is 2. The minimum Gasteiger partial charge on any atom is -0.298 e. The third-order valence-electron chi connectivity index (χ3n) is 5.43. The molecule has 2 unspecified atom stereocenters. The third-order valence-corrected chi connectivity index (χ3v) is 5.43. The van der Waals surface area contributed by atoms with Gasteiger partial charge in [-0.05, 0) is 61.3 Å². The zero-order chi connectivity index (χ0) is 16.0. The predicted molar refractivity (Wildman–Crippen MR) is 91.8 cm³/mol. The van der Waals surface area contributed by atoms with E-state index < -0.39 is 0 Å². The molecule has 2 atom stereocenters. The molecule has 0 amide bonds. The van der Waals surface area contributed by atoms with Gasteiger partial charge in [0.2, 0.25) is 0 Å². The van der Waals surface area contributed by atoms with E-state index in [9.17, 15) is 0 Å². The Kier molecular flexibility index (Phi) is 4.78. The summed E-state index contributed by atoms with van der Waals surface area (Å²) in [6.45, 7) is 25.1. The molecule has 0 aromatic rings. The maximum Gasteiger partial charge on any atom is 0.0198 e. The highest BCUT2D eigenvalue weighted by Gasteiger charge is 2.39. The van der Waals surface area contributed by atoms with Crippen molar-refractivity contribution in [2.24, 2.45) is 5.92 Å². The molecular weight excluding hydrogens is 258 g/mol. The van der Waals surface area contributed by atoms with Crippen LogP contribution in [0.1, 0.15) is 55.4 Å². The summed E-state index contributed by atoms with van der Waals surface area (Å²) in [5.74, 6) is 0.871. The van der Waals surface area contributed by atoms with Crippen LogP contribution < -0.4 is 0 Å². The van der Waals surface area contributed by atoms with Crippen LogP contribution in [0.2, 0.25) is 0 Å². The highest BCUT2D eigenvalue weighted by Crippen LogP contribution is 2.29. The second-order valence-electron chi connectivity index (χ2n) is 9.41. The average Bonchev–Trinajstić information content (AvgIpc) is 2.21. The molecule has 2 saturated heterocycles. The monoisotopic (exact) mass is 295 g/mol. The maximum absolute atomic E-state index is 2.76. The van der Waals surface area contributed by atoms with E-state index >= 15 is 0 Å². The summed E-state index contributed by atoms with van der Waals surface area (Å²) in [6.07, 6.45) is 0. The summed E-state index contributed by atoms with van der Waals surface area (Å²) in [6, 6.07) is 1.35. The van der Waals surface area contributed by atoms with E-state index in [0.717, 1.165) is 5.92 Å². The van der Waals surface area contributed by atoms with Gasteiger partial charge in [-0.25, -0.2) is 0 Å². The van der Waals surface area contributed by atoms with Gasteiger partial charge in [0, 0.05) is 55.9 Å². The van der Waals surface area contributed by atoms with Gasteiger partial charge in [0.25, 0.3) is 0 Å². The fraction of sp³-hybridized carbons (Fsp3) is 1.00. The standard InChI is InChI=1S/C18H37N3/c1-14-9-19(17(3,4)5)10-15(2)21(14)13-16-11-20(12-16)18(6,7)8/h14-16H,9-13H2,1-8H3. The Bertz CT molecular complexity index is 334. The highest BCUT2D eigenvalue weighted by molar-refractivity contribution is 4.95. The van der Waals surface area contributed by atoms with Gasteiger partial charge in [0.15, 0.2) is 0 Å². The van der Waals surface area contributed by atoms with Gasteiger partial charge in [-0.15, -0.1) is 0 Å². The largest absolute Gasteiger partial charge is 0.298 e. The summed E-state index contributed by atoms with van der Waals surface area (Å²) in [4.78, 5) is 8.02. The summed E-state index contributed by atoms with van der Waals surface area (Å²) in [7, 11) is 0. The van der Waals surface area contributed by atoms with Crippen LogP contribution in [-0.4, -0.2) is 70.6 Å². The molecule has 2 heterocycles. The second-order valence-corrected chi connectivity index (χ2v) is 9.41. The molecule has 0 aromatic heterocycles. The van der Waals surface area contributed by atoms with Crippen LogP contribution in [0.25, 0.3) is 0 Å². The zero-order valence-electron chi connectivity index (χ0n) is 15.6. The van der Waals surface area contributed by atoms with Crippen molar-refractivity contribution in [1.82, 2.24) is 14.7 Å². The number of hydrogen-bond acceptors (Lipinski definition) is 3. The smallest absolute Gasteiger partial charge is 0.0198 e. The molecular formula is C18H37N3. The predicted octanol–water partition coefficient (Wildman–Crippen LogP) is 2.91. The van der Waals surface area contributed by atoms with Crippen molar-refractivity contribution < 1.29 is 0 Å². The molecule has 0 aliphatic carbocycles. The van der Waals surface area contributed by atoms with Crippen LogP contribution in [0, 0.1) is 5.92 Å². The first-order chi connectivity index (χ1) is 9.48. The fourth-order valence-electron chi connectivity index (χ4n) is 3.80. The molecule has 2 fully saturated rings. The molecule has 0 radical (unpaired) electrons. The Labute approximate surface area is 132 Å². The first-order valence-corrected chi connectivity index (χ1v) is 8.74. The Morgan fingerprint density at radius 1 is 0.714 bits per heavy atom. The first kappa shape index (κ1) is 17.2. The Balaban J connectivity index is 1.86. The number of hydrogen-bond donors (Lipinski definition) is 0. The lowest BCUT2D eigenvalue weighted by Crippen LogP contribution is -2.64. The number of piperazine rings is 1. The van der Waals surface area contributed by atoms with Gasteiger partial charge in [0.05, 0.1) is 0 Å². The molecule has 0 spiro atoms. The molecule has 3 heteroatoms. The van der Waals surface area contributed by atoms with Crippen molar-refractivity contribution >= 4 is 0 Å². The molecule has 2 aliphatic rings. The van der Waals surface area contributed by atoms with E-state index in [1.165, 1.54) is 32.7 Å². The minimum absolute atomic E-state index is 0.300. The molecule has 2 aliphatic heterocycles. The summed E-state index contributed by atoms with van der Waals surface area (Å²) >= 11 is 0. The van der Waals surface area contributed by atoms with Crippen LogP contribution in [0.15, 0.2) is 0 Å². The van der Waals surface area contributed by atoms with Gasteiger partial charge in [-0.1, -0.05) is 0 Å². The van der Waals surface area contributed by atoms with Gasteiger partial charge < -0.3 is 0 Å². The first-order valence-electron chi connectivity index (χ1n) is 8.74. The Morgan fingerprint density at radius 3 is 1.48 bits per heavy atom. The lowest BCUT2D eigenvalue weighted by Gasteiger charge is -2.53. The fourth-order valence-corrected chi connectivity index (χ4v) is 3.80. The summed E-state index contributed by atoms with van der Waals surface area (Å²) < 4.78 is 0. The van der Waals surface area contributed by atoms with Gasteiger partial charge in [0.1, 0.15) is 0 Å². The van der Waals surface area contributed by atoms with E-state index in [1.54, 1.807) is 0 Å². The summed E-state index contributed by atoms with van der Waals surface area (Å²) in [5, 5.41) is 0. The number of nitrogens with zero attached hydrogens (tertiary/aromatic N) is 3. The van der Waals surface area contributed by atoms with Crippen molar-refractivity contribution in [2.75, 3.05) is 32.7 Å². The molecule has 21 heavy (non-hydrogen) atoms. The molecule has 2 rings (SSSR count). The maximum atomic E-state index is 2.76. The average molecular weight is 296 g/mol. The lowest BCUT2D eigenvalue weighted by molar-refractivity contribution is -0.0484.